The lowest BCUT2D eigenvalue weighted by Crippen LogP contribution is -2.41. The van der Waals surface area contributed by atoms with Gasteiger partial charge in [-0.2, -0.15) is 13.2 Å². The van der Waals surface area contributed by atoms with E-state index in [0.29, 0.717) is 28.8 Å². The van der Waals surface area contributed by atoms with Crippen LogP contribution in [0.25, 0.3) is 6.08 Å². The van der Waals surface area contributed by atoms with E-state index < -0.39 is 45.1 Å². The van der Waals surface area contributed by atoms with Crippen molar-refractivity contribution in [1.82, 2.24) is 5.32 Å². The molecule has 0 atom stereocenters. The van der Waals surface area contributed by atoms with E-state index in [1.807, 2.05) is 0 Å². The van der Waals surface area contributed by atoms with E-state index in [1.165, 1.54) is 24.3 Å². The Morgan fingerprint density at radius 1 is 1.05 bits per heavy atom. The van der Waals surface area contributed by atoms with Crippen molar-refractivity contribution in [3.05, 3.63) is 100 Å². The fraction of sp³-hybridized carbons (Fsp3) is 0.154. The molecule has 0 spiro atoms. The van der Waals surface area contributed by atoms with E-state index in [1.54, 1.807) is 31.2 Å². The van der Waals surface area contributed by atoms with Crippen molar-refractivity contribution >= 4 is 45.3 Å². The molecule has 3 aromatic rings. The average molecular weight is 567 g/mol. The number of anilines is 1. The number of amides is 1. The van der Waals surface area contributed by atoms with Crippen molar-refractivity contribution < 1.29 is 36.3 Å². The first kappa shape index (κ1) is 28.7. The lowest BCUT2D eigenvalue weighted by molar-refractivity contribution is -0.137. The molecule has 0 saturated carbocycles. The summed E-state index contributed by atoms with van der Waals surface area (Å²) >= 11 is 6.17. The standard InChI is InChI=1S/C26H22ClF3N2O5S/c1-17-22(27)6-3-7-23(17)32(38(36,37)21-11-9-20(10-12-21)26(28,29)30)16-24(33)31-15-19-5-2-4-18(14-19)8-13-25(34)35/h2-14H,15-16H2,1H3,(H,31,33)(H,34,35)/b13-8+. The third kappa shape index (κ3) is 7.14. The SMILES string of the molecule is Cc1c(Cl)cccc1N(CC(=O)NCc1cccc(/C=C/C(=O)O)c1)S(=O)(=O)c1ccc(C(F)(F)F)cc1. The molecule has 12 heteroatoms. The smallest absolute Gasteiger partial charge is 0.416 e. The summed E-state index contributed by atoms with van der Waals surface area (Å²) in [6, 6.07) is 14.1. The minimum atomic E-state index is -4.65. The molecule has 7 nitrogen and oxygen atoms in total. The molecule has 0 aliphatic carbocycles. The van der Waals surface area contributed by atoms with Crippen molar-refractivity contribution in [2.24, 2.45) is 0 Å². The van der Waals surface area contributed by atoms with Gasteiger partial charge in [-0.25, -0.2) is 13.2 Å². The predicted molar refractivity (Wildman–Crippen MR) is 137 cm³/mol. The summed E-state index contributed by atoms with van der Waals surface area (Å²) in [6.07, 6.45) is -2.30. The first-order valence-electron chi connectivity index (χ1n) is 11.0. The Morgan fingerprint density at radius 3 is 2.34 bits per heavy atom. The zero-order valence-electron chi connectivity index (χ0n) is 19.9. The number of aliphatic carboxylic acids is 1. The van der Waals surface area contributed by atoms with Gasteiger partial charge in [-0.15, -0.1) is 0 Å². The number of nitrogens with zero attached hydrogens (tertiary/aromatic N) is 1. The highest BCUT2D eigenvalue weighted by Gasteiger charge is 2.33. The van der Waals surface area contributed by atoms with Gasteiger partial charge in [-0.3, -0.25) is 9.10 Å². The largest absolute Gasteiger partial charge is 0.478 e. The number of rotatable bonds is 9. The second-order valence-electron chi connectivity index (χ2n) is 8.11. The van der Waals surface area contributed by atoms with E-state index in [9.17, 15) is 31.2 Å². The van der Waals surface area contributed by atoms with Gasteiger partial charge in [0.1, 0.15) is 6.54 Å². The summed E-state index contributed by atoms with van der Waals surface area (Å²) < 4.78 is 66.7. The number of hydrogen-bond donors (Lipinski definition) is 2. The molecule has 200 valence electrons. The van der Waals surface area contributed by atoms with Gasteiger partial charge in [-0.1, -0.05) is 35.9 Å². The van der Waals surface area contributed by atoms with Gasteiger partial charge in [0.15, 0.2) is 0 Å². The second-order valence-corrected chi connectivity index (χ2v) is 10.4. The van der Waals surface area contributed by atoms with Gasteiger partial charge < -0.3 is 10.4 Å². The van der Waals surface area contributed by atoms with Crippen molar-refractivity contribution in [2.75, 3.05) is 10.8 Å². The molecule has 0 aromatic heterocycles. The Balaban J connectivity index is 1.88. The molecule has 0 aliphatic rings. The number of benzene rings is 3. The van der Waals surface area contributed by atoms with Crippen LogP contribution in [0, 0.1) is 6.92 Å². The van der Waals surface area contributed by atoms with E-state index in [2.05, 4.69) is 5.32 Å². The van der Waals surface area contributed by atoms with Gasteiger partial charge in [0, 0.05) is 17.6 Å². The van der Waals surface area contributed by atoms with Gasteiger partial charge in [0.2, 0.25) is 5.91 Å². The van der Waals surface area contributed by atoms with Crippen LogP contribution in [0.5, 0.6) is 0 Å². The molecule has 3 aromatic carbocycles. The lowest BCUT2D eigenvalue weighted by Gasteiger charge is -2.26. The Bertz CT molecular complexity index is 1470. The fourth-order valence-corrected chi connectivity index (χ4v) is 5.12. The van der Waals surface area contributed by atoms with E-state index >= 15 is 0 Å². The van der Waals surface area contributed by atoms with Crippen LogP contribution in [-0.2, 0) is 32.3 Å². The minimum Gasteiger partial charge on any atom is -0.478 e. The summed E-state index contributed by atoms with van der Waals surface area (Å²) in [5.41, 5.74) is 0.644. The van der Waals surface area contributed by atoms with Crippen LogP contribution in [0.3, 0.4) is 0 Å². The van der Waals surface area contributed by atoms with Crippen LogP contribution < -0.4 is 9.62 Å². The summed E-state index contributed by atoms with van der Waals surface area (Å²) in [7, 11) is -4.47. The topological polar surface area (TPSA) is 104 Å². The molecular weight excluding hydrogens is 545 g/mol. The Labute approximate surface area is 222 Å². The van der Waals surface area contributed by atoms with Crippen molar-refractivity contribution in [3.63, 3.8) is 0 Å². The molecular formula is C26H22ClF3N2O5S. The highest BCUT2D eigenvalue weighted by atomic mass is 35.5. The van der Waals surface area contributed by atoms with Crippen LogP contribution in [0.4, 0.5) is 18.9 Å². The Hall–Kier alpha value is -3.83. The molecule has 0 fully saturated rings. The molecule has 2 N–H and O–H groups in total. The first-order chi connectivity index (χ1) is 17.8. The first-order valence-corrected chi connectivity index (χ1v) is 12.8. The number of carbonyl (C=O) groups is 2. The molecule has 3 rings (SSSR count). The maximum atomic E-state index is 13.5. The van der Waals surface area contributed by atoms with Crippen molar-refractivity contribution in [2.45, 2.75) is 24.5 Å². The quantitative estimate of drug-likeness (QED) is 0.343. The molecule has 0 heterocycles. The maximum absolute atomic E-state index is 13.5. The molecule has 0 bridgehead atoms. The minimum absolute atomic E-state index is 0.0102. The Morgan fingerprint density at radius 2 is 1.71 bits per heavy atom. The molecule has 0 aliphatic heterocycles. The molecule has 0 saturated heterocycles. The fourth-order valence-electron chi connectivity index (χ4n) is 3.47. The van der Waals surface area contributed by atoms with E-state index in [4.69, 9.17) is 16.7 Å². The Kier molecular flexibility index (Phi) is 8.85. The summed E-state index contributed by atoms with van der Waals surface area (Å²) in [4.78, 5) is 23.2. The number of nitrogens with one attached hydrogen (secondary N) is 1. The number of alkyl halides is 3. The number of halogens is 4. The van der Waals surface area contributed by atoms with Crippen LogP contribution in [0.2, 0.25) is 5.02 Å². The summed E-state index contributed by atoms with van der Waals surface area (Å²) in [5.74, 6) is -1.80. The van der Waals surface area contributed by atoms with E-state index in [0.717, 1.165) is 22.5 Å². The predicted octanol–water partition coefficient (Wildman–Crippen LogP) is 5.28. The monoisotopic (exact) mass is 566 g/mol. The molecule has 1 amide bonds. The second kappa shape index (κ2) is 11.7. The van der Waals surface area contributed by atoms with E-state index in [-0.39, 0.29) is 17.3 Å². The molecule has 0 radical (unpaired) electrons. The average Bonchev–Trinajstić information content (AvgIpc) is 2.86. The summed E-state index contributed by atoms with van der Waals surface area (Å²) in [6.45, 7) is 0.889. The van der Waals surface area contributed by atoms with Gasteiger partial charge in [-0.05, 0) is 72.2 Å². The molecule has 38 heavy (non-hydrogen) atoms. The number of hydrogen-bond acceptors (Lipinski definition) is 4. The van der Waals surface area contributed by atoms with Gasteiger partial charge >= 0.3 is 12.1 Å². The van der Waals surface area contributed by atoms with Crippen LogP contribution in [0.15, 0.2) is 77.7 Å². The zero-order valence-corrected chi connectivity index (χ0v) is 21.4. The van der Waals surface area contributed by atoms with Gasteiger partial charge in [0.05, 0.1) is 16.1 Å². The van der Waals surface area contributed by atoms with Crippen LogP contribution >= 0.6 is 11.6 Å². The maximum Gasteiger partial charge on any atom is 0.416 e. The third-order valence-corrected chi connectivity index (χ3v) is 7.61. The molecule has 0 unspecified atom stereocenters. The van der Waals surface area contributed by atoms with Crippen molar-refractivity contribution in [1.29, 1.82) is 0 Å². The normalized spacial score (nSPS) is 11.9. The van der Waals surface area contributed by atoms with Crippen LogP contribution in [0.1, 0.15) is 22.3 Å². The summed E-state index contributed by atoms with van der Waals surface area (Å²) in [5, 5.41) is 11.6. The van der Waals surface area contributed by atoms with Gasteiger partial charge in [0.25, 0.3) is 10.0 Å². The number of carboxylic acids is 1. The number of carboxylic acid groups (broad SMARTS) is 1. The van der Waals surface area contributed by atoms with Crippen LogP contribution in [-0.4, -0.2) is 31.9 Å². The number of sulfonamides is 1. The zero-order chi connectivity index (χ0) is 28.1. The number of carbonyl (C=O) groups excluding carboxylic acids is 1. The van der Waals surface area contributed by atoms with Crippen molar-refractivity contribution in [3.8, 4) is 0 Å². The highest BCUT2D eigenvalue weighted by molar-refractivity contribution is 7.92. The lowest BCUT2D eigenvalue weighted by atomic mass is 10.1. The third-order valence-electron chi connectivity index (χ3n) is 5.42. The highest BCUT2D eigenvalue weighted by Crippen LogP contribution is 2.33.